The predicted molar refractivity (Wildman–Crippen MR) is 82.3 cm³/mol. The first-order valence-electron chi connectivity index (χ1n) is 6.90. The van der Waals surface area contributed by atoms with Gasteiger partial charge in [0.2, 0.25) is 0 Å². The standard InChI is InChI=1S/C16H20ClNO3/c1-12-2-7-16(21-12)9-18-8-15(19)11-20-10-13-3-5-14(17)6-4-13/h2-7,15,18-19H,8-11H2,1H3. The van der Waals surface area contributed by atoms with Crippen molar-refractivity contribution in [3.05, 3.63) is 58.5 Å². The number of aryl methyl sites for hydroxylation is 1. The Kier molecular flexibility index (Phi) is 6.26. The van der Waals surface area contributed by atoms with Gasteiger partial charge in [0, 0.05) is 11.6 Å². The fraction of sp³-hybridized carbons (Fsp3) is 0.375. The lowest BCUT2D eigenvalue weighted by Crippen LogP contribution is -2.29. The third-order valence-corrected chi connectivity index (χ3v) is 3.22. The Morgan fingerprint density at radius 3 is 2.67 bits per heavy atom. The molecule has 0 aliphatic carbocycles. The van der Waals surface area contributed by atoms with Gasteiger partial charge in [-0.3, -0.25) is 0 Å². The van der Waals surface area contributed by atoms with Gasteiger partial charge in [-0.1, -0.05) is 23.7 Å². The van der Waals surface area contributed by atoms with Gasteiger partial charge in [-0.25, -0.2) is 0 Å². The molecule has 1 atom stereocenters. The van der Waals surface area contributed by atoms with E-state index in [0.717, 1.165) is 17.1 Å². The molecule has 2 rings (SSSR count). The summed E-state index contributed by atoms with van der Waals surface area (Å²) in [5.74, 6) is 1.75. The maximum atomic E-state index is 9.82. The first-order chi connectivity index (χ1) is 10.1. The van der Waals surface area contributed by atoms with Crippen molar-refractivity contribution in [2.75, 3.05) is 13.2 Å². The molecule has 4 nitrogen and oxygen atoms in total. The molecule has 0 aliphatic heterocycles. The SMILES string of the molecule is Cc1ccc(CNCC(O)COCc2ccc(Cl)cc2)o1. The third-order valence-electron chi connectivity index (χ3n) is 2.97. The van der Waals surface area contributed by atoms with Gasteiger partial charge in [0.1, 0.15) is 11.5 Å². The Morgan fingerprint density at radius 2 is 2.00 bits per heavy atom. The lowest BCUT2D eigenvalue weighted by molar-refractivity contribution is 0.0285. The van der Waals surface area contributed by atoms with E-state index in [-0.39, 0.29) is 6.61 Å². The Bertz CT molecular complexity index is 539. The van der Waals surface area contributed by atoms with Crippen LogP contribution in [0, 0.1) is 6.92 Å². The molecule has 0 fully saturated rings. The number of aliphatic hydroxyl groups is 1. The first-order valence-corrected chi connectivity index (χ1v) is 7.27. The maximum Gasteiger partial charge on any atom is 0.117 e. The molecular weight excluding hydrogens is 290 g/mol. The summed E-state index contributed by atoms with van der Waals surface area (Å²) in [5.41, 5.74) is 1.03. The Hall–Kier alpha value is -1.33. The minimum atomic E-state index is -0.548. The molecule has 0 spiro atoms. The van der Waals surface area contributed by atoms with Crippen LogP contribution in [0.1, 0.15) is 17.1 Å². The first kappa shape index (κ1) is 16.0. The van der Waals surface area contributed by atoms with E-state index in [9.17, 15) is 5.11 Å². The predicted octanol–water partition coefficient (Wildman–Crippen LogP) is 2.91. The molecule has 2 N–H and O–H groups in total. The van der Waals surface area contributed by atoms with Gasteiger partial charge in [0.25, 0.3) is 0 Å². The van der Waals surface area contributed by atoms with Crippen molar-refractivity contribution < 1.29 is 14.3 Å². The largest absolute Gasteiger partial charge is 0.465 e. The molecule has 1 aromatic carbocycles. The van der Waals surface area contributed by atoms with E-state index in [2.05, 4.69) is 5.32 Å². The zero-order valence-electron chi connectivity index (χ0n) is 12.0. The van der Waals surface area contributed by atoms with E-state index in [4.69, 9.17) is 20.8 Å². The Morgan fingerprint density at radius 1 is 1.24 bits per heavy atom. The van der Waals surface area contributed by atoms with Crippen LogP contribution in [0.15, 0.2) is 40.8 Å². The van der Waals surface area contributed by atoms with Gasteiger partial charge in [-0.05, 0) is 36.8 Å². The van der Waals surface area contributed by atoms with Crippen LogP contribution in [0.25, 0.3) is 0 Å². The second kappa shape index (κ2) is 8.20. The number of furan rings is 1. The molecule has 1 aromatic heterocycles. The van der Waals surface area contributed by atoms with Crippen LogP contribution in [0.2, 0.25) is 5.02 Å². The molecule has 2 aromatic rings. The smallest absolute Gasteiger partial charge is 0.117 e. The number of rotatable bonds is 8. The van der Waals surface area contributed by atoms with Gasteiger partial charge in [-0.2, -0.15) is 0 Å². The van der Waals surface area contributed by atoms with Crippen LogP contribution in [-0.4, -0.2) is 24.4 Å². The van der Waals surface area contributed by atoms with Crippen LogP contribution in [0.3, 0.4) is 0 Å². The second-order valence-corrected chi connectivity index (χ2v) is 5.38. The Balaban J connectivity index is 1.59. The van der Waals surface area contributed by atoms with Crippen molar-refractivity contribution in [2.45, 2.75) is 26.2 Å². The summed E-state index contributed by atoms with van der Waals surface area (Å²) < 4.78 is 10.9. The summed E-state index contributed by atoms with van der Waals surface area (Å²) in [6.07, 6.45) is -0.548. The molecular formula is C16H20ClNO3. The van der Waals surface area contributed by atoms with E-state index >= 15 is 0 Å². The monoisotopic (exact) mass is 309 g/mol. The molecule has 0 amide bonds. The van der Waals surface area contributed by atoms with Crippen LogP contribution in [-0.2, 0) is 17.9 Å². The van der Waals surface area contributed by atoms with E-state index in [1.807, 2.05) is 43.3 Å². The lowest BCUT2D eigenvalue weighted by atomic mass is 10.2. The van der Waals surface area contributed by atoms with Crippen LogP contribution < -0.4 is 5.32 Å². The fourth-order valence-corrected chi connectivity index (χ4v) is 2.02. The summed E-state index contributed by atoms with van der Waals surface area (Å²) in [4.78, 5) is 0. The van der Waals surface area contributed by atoms with Crippen molar-refractivity contribution in [1.29, 1.82) is 0 Å². The van der Waals surface area contributed by atoms with Gasteiger partial charge < -0.3 is 19.6 Å². The summed E-state index contributed by atoms with van der Waals surface area (Å²) in [5, 5.41) is 13.6. The van der Waals surface area contributed by atoms with Crippen LogP contribution in [0.4, 0.5) is 0 Å². The average Bonchev–Trinajstić information content (AvgIpc) is 2.87. The van der Waals surface area contributed by atoms with E-state index in [1.54, 1.807) is 0 Å². The number of nitrogens with one attached hydrogen (secondary N) is 1. The number of benzene rings is 1. The topological polar surface area (TPSA) is 54.6 Å². The average molecular weight is 310 g/mol. The summed E-state index contributed by atoms with van der Waals surface area (Å²) in [6.45, 7) is 3.71. The summed E-state index contributed by atoms with van der Waals surface area (Å²) >= 11 is 5.81. The highest BCUT2D eigenvalue weighted by Crippen LogP contribution is 2.10. The van der Waals surface area contributed by atoms with Gasteiger partial charge in [-0.15, -0.1) is 0 Å². The van der Waals surface area contributed by atoms with E-state index in [1.165, 1.54) is 0 Å². The molecule has 0 saturated heterocycles. The highest BCUT2D eigenvalue weighted by atomic mass is 35.5. The number of ether oxygens (including phenoxy) is 1. The Labute approximate surface area is 129 Å². The lowest BCUT2D eigenvalue weighted by Gasteiger charge is -2.12. The highest BCUT2D eigenvalue weighted by Gasteiger charge is 2.05. The second-order valence-electron chi connectivity index (χ2n) is 4.94. The fourth-order valence-electron chi connectivity index (χ4n) is 1.89. The molecule has 21 heavy (non-hydrogen) atoms. The van der Waals surface area contributed by atoms with Crippen molar-refractivity contribution in [2.24, 2.45) is 0 Å². The molecule has 0 radical (unpaired) electrons. The summed E-state index contributed by atoms with van der Waals surface area (Å²) in [6, 6.07) is 11.3. The number of hydrogen-bond donors (Lipinski definition) is 2. The zero-order valence-corrected chi connectivity index (χ0v) is 12.8. The quantitative estimate of drug-likeness (QED) is 0.787. The minimum absolute atomic E-state index is 0.285. The van der Waals surface area contributed by atoms with Gasteiger partial charge >= 0.3 is 0 Å². The third kappa shape index (κ3) is 5.89. The molecule has 0 aliphatic rings. The van der Waals surface area contributed by atoms with E-state index in [0.29, 0.717) is 24.7 Å². The highest BCUT2D eigenvalue weighted by molar-refractivity contribution is 6.30. The normalized spacial score (nSPS) is 12.5. The van der Waals surface area contributed by atoms with Crippen molar-refractivity contribution in [3.8, 4) is 0 Å². The van der Waals surface area contributed by atoms with Gasteiger partial charge in [0.05, 0.1) is 25.9 Å². The van der Waals surface area contributed by atoms with Crippen molar-refractivity contribution >= 4 is 11.6 Å². The van der Waals surface area contributed by atoms with Gasteiger partial charge in [0.15, 0.2) is 0 Å². The van der Waals surface area contributed by atoms with Crippen molar-refractivity contribution in [1.82, 2.24) is 5.32 Å². The molecule has 5 heteroatoms. The number of aliphatic hydroxyl groups excluding tert-OH is 1. The minimum Gasteiger partial charge on any atom is -0.465 e. The van der Waals surface area contributed by atoms with Crippen molar-refractivity contribution in [3.63, 3.8) is 0 Å². The maximum absolute atomic E-state index is 9.82. The zero-order chi connectivity index (χ0) is 15.1. The molecule has 1 unspecified atom stereocenters. The molecule has 114 valence electrons. The molecule has 0 saturated carbocycles. The van der Waals surface area contributed by atoms with Crippen LogP contribution in [0.5, 0.6) is 0 Å². The molecule has 1 heterocycles. The number of hydrogen-bond acceptors (Lipinski definition) is 4. The van der Waals surface area contributed by atoms with Crippen LogP contribution >= 0.6 is 11.6 Å². The number of halogens is 1. The van der Waals surface area contributed by atoms with E-state index < -0.39 is 6.10 Å². The molecule has 0 bridgehead atoms. The summed E-state index contributed by atoms with van der Waals surface area (Å²) in [7, 11) is 0.